The van der Waals surface area contributed by atoms with Crippen molar-refractivity contribution < 1.29 is 4.42 Å². The molecule has 0 unspecified atom stereocenters. The van der Waals surface area contributed by atoms with Gasteiger partial charge in [0, 0.05) is 49.4 Å². The lowest BCUT2D eigenvalue weighted by Crippen LogP contribution is -2.10. The number of para-hydroxylation sites is 4. The lowest BCUT2D eigenvalue weighted by atomic mass is 9.96. The van der Waals surface area contributed by atoms with Gasteiger partial charge in [0.1, 0.15) is 11.2 Å². The van der Waals surface area contributed by atoms with Crippen LogP contribution in [0.25, 0.3) is 104 Å². The lowest BCUT2D eigenvalue weighted by Gasteiger charge is -2.28. The third-order valence-corrected chi connectivity index (χ3v) is 13.2. The standard InChI is InChI=1S/C62H40N2O/c1-2-15-41(16-3-1)44-33-38-49(59(39-44)64-57-26-11-8-21-53(57)54-22-9-12-27-58(54)64)42-29-34-46(35-30-42)63(60-40-45-17-4-5-18-48(45)51-19-6-7-20-52(51)60)47-36-31-43(32-37-47)50-24-14-25-56-55-23-10-13-28-61(55)65-62(50)56/h1-40H. The van der Waals surface area contributed by atoms with E-state index in [-0.39, 0.29) is 0 Å². The van der Waals surface area contributed by atoms with E-state index in [1.165, 1.54) is 54.5 Å². The Balaban J connectivity index is 0.984. The molecule has 304 valence electrons. The molecule has 0 spiro atoms. The maximum atomic E-state index is 6.48. The maximum absolute atomic E-state index is 6.48. The van der Waals surface area contributed by atoms with Crippen LogP contribution in [0.1, 0.15) is 0 Å². The van der Waals surface area contributed by atoms with Crippen molar-refractivity contribution in [3.8, 4) is 39.1 Å². The fourth-order valence-corrected chi connectivity index (χ4v) is 10.2. The first-order valence-corrected chi connectivity index (χ1v) is 22.2. The lowest BCUT2D eigenvalue weighted by molar-refractivity contribution is 0.670. The maximum Gasteiger partial charge on any atom is 0.143 e. The van der Waals surface area contributed by atoms with Gasteiger partial charge >= 0.3 is 0 Å². The zero-order valence-corrected chi connectivity index (χ0v) is 35.4. The molecule has 13 aromatic rings. The summed E-state index contributed by atoms with van der Waals surface area (Å²) in [6.07, 6.45) is 0. The number of hydrogen-bond acceptors (Lipinski definition) is 2. The highest BCUT2D eigenvalue weighted by Crippen LogP contribution is 2.45. The summed E-state index contributed by atoms with van der Waals surface area (Å²) < 4.78 is 8.93. The van der Waals surface area contributed by atoms with E-state index in [0.717, 1.165) is 66.9 Å². The van der Waals surface area contributed by atoms with Gasteiger partial charge in [-0.15, -0.1) is 0 Å². The van der Waals surface area contributed by atoms with Gasteiger partial charge in [-0.05, 0) is 93.0 Å². The molecule has 0 aliphatic heterocycles. The monoisotopic (exact) mass is 828 g/mol. The molecule has 2 aromatic heterocycles. The van der Waals surface area contributed by atoms with Crippen molar-refractivity contribution in [2.75, 3.05) is 4.90 Å². The Morgan fingerprint density at radius 3 is 1.57 bits per heavy atom. The molecule has 0 N–H and O–H groups in total. The molecule has 0 saturated carbocycles. The van der Waals surface area contributed by atoms with E-state index in [0.29, 0.717) is 0 Å². The van der Waals surface area contributed by atoms with Crippen LogP contribution in [0.2, 0.25) is 0 Å². The van der Waals surface area contributed by atoms with Crippen LogP contribution < -0.4 is 4.90 Å². The molecule has 0 bridgehead atoms. The first-order valence-electron chi connectivity index (χ1n) is 22.2. The van der Waals surface area contributed by atoms with Gasteiger partial charge < -0.3 is 13.9 Å². The van der Waals surface area contributed by atoms with Gasteiger partial charge in [-0.2, -0.15) is 0 Å². The van der Waals surface area contributed by atoms with Crippen LogP contribution in [0.3, 0.4) is 0 Å². The predicted octanol–water partition coefficient (Wildman–Crippen LogP) is 17.5. The highest BCUT2D eigenvalue weighted by molar-refractivity contribution is 6.15. The van der Waals surface area contributed by atoms with Crippen LogP contribution >= 0.6 is 0 Å². The average molecular weight is 829 g/mol. The van der Waals surface area contributed by atoms with Gasteiger partial charge in [0.15, 0.2) is 0 Å². The minimum Gasteiger partial charge on any atom is -0.455 e. The van der Waals surface area contributed by atoms with E-state index in [9.17, 15) is 0 Å². The van der Waals surface area contributed by atoms with Crippen LogP contribution in [0.5, 0.6) is 0 Å². The van der Waals surface area contributed by atoms with E-state index in [2.05, 4.69) is 240 Å². The van der Waals surface area contributed by atoms with E-state index in [1.807, 2.05) is 12.1 Å². The van der Waals surface area contributed by atoms with Crippen molar-refractivity contribution in [3.05, 3.63) is 243 Å². The summed E-state index contributed by atoms with van der Waals surface area (Å²) in [6.45, 7) is 0. The Labute approximate surface area is 376 Å². The highest BCUT2D eigenvalue weighted by atomic mass is 16.3. The number of rotatable bonds is 7. The van der Waals surface area contributed by atoms with Crippen LogP contribution in [0.15, 0.2) is 247 Å². The smallest absolute Gasteiger partial charge is 0.143 e. The molecule has 0 radical (unpaired) electrons. The quantitative estimate of drug-likeness (QED) is 0.149. The minimum absolute atomic E-state index is 0.902. The number of furan rings is 1. The molecule has 2 heterocycles. The summed E-state index contributed by atoms with van der Waals surface area (Å²) >= 11 is 0. The molecule has 13 rings (SSSR count). The second-order valence-electron chi connectivity index (χ2n) is 16.8. The molecule has 0 aliphatic carbocycles. The second-order valence-corrected chi connectivity index (χ2v) is 16.8. The Bertz CT molecular complexity index is 3880. The number of anilines is 3. The Kier molecular flexibility index (Phi) is 8.53. The topological polar surface area (TPSA) is 21.3 Å². The van der Waals surface area contributed by atoms with Crippen LogP contribution in [0.4, 0.5) is 17.1 Å². The van der Waals surface area contributed by atoms with E-state index in [4.69, 9.17) is 4.42 Å². The molecule has 3 nitrogen and oxygen atoms in total. The van der Waals surface area contributed by atoms with E-state index < -0.39 is 0 Å². The second kappa shape index (κ2) is 15.0. The largest absolute Gasteiger partial charge is 0.455 e. The van der Waals surface area contributed by atoms with Crippen molar-refractivity contribution in [1.29, 1.82) is 0 Å². The molecular formula is C62H40N2O. The van der Waals surface area contributed by atoms with Crippen LogP contribution in [0, 0.1) is 0 Å². The van der Waals surface area contributed by atoms with E-state index >= 15 is 0 Å². The third kappa shape index (κ3) is 6.05. The van der Waals surface area contributed by atoms with Gasteiger partial charge in [0.05, 0.1) is 22.4 Å². The van der Waals surface area contributed by atoms with E-state index in [1.54, 1.807) is 0 Å². The average Bonchev–Trinajstić information content (AvgIpc) is 3.93. The Morgan fingerprint density at radius 2 is 0.862 bits per heavy atom. The van der Waals surface area contributed by atoms with Gasteiger partial charge in [0.2, 0.25) is 0 Å². The van der Waals surface area contributed by atoms with Crippen LogP contribution in [-0.4, -0.2) is 4.57 Å². The summed E-state index contributed by atoms with van der Waals surface area (Å²) in [7, 11) is 0. The van der Waals surface area contributed by atoms with Gasteiger partial charge in [-0.1, -0.05) is 188 Å². The van der Waals surface area contributed by atoms with Crippen LogP contribution in [-0.2, 0) is 0 Å². The normalized spacial score (nSPS) is 11.7. The first kappa shape index (κ1) is 36.9. The third-order valence-electron chi connectivity index (χ3n) is 13.2. The molecule has 0 amide bonds. The molecule has 0 aliphatic rings. The summed E-state index contributed by atoms with van der Waals surface area (Å²) in [5.41, 5.74) is 15.4. The summed E-state index contributed by atoms with van der Waals surface area (Å²) in [5, 5.41) is 9.61. The highest BCUT2D eigenvalue weighted by Gasteiger charge is 2.21. The number of nitrogens with zero attached hydrogens (tertiary/aromatic N) is 2. The van der Waals surface area contributed by atoms with Crippen molar-refractivity contribution in [2.24, 2.45) is 0 Å². The Morgan fingerprint density at radius 1 is 0.323 bits per heavy atom. The Hall–Kier alpha value is -8.66. The molecule has 0 fully saturated rings. The van der Waals surface area contributed by atoms with Crippen molar-refractivity contribution >= 4 is 82.4 Å². The van der Waals surface area contributed by atoms with Gasteiger partial charge in [-0.25, -0.2) is 0 Å². The molecule has 11 aromatic carbocycles. The van der Waals surface area contributed by atoms with Gasteiger partial charge in [0.25, 0.3) is 0 Å². The SMILES string of the molecule is c1ccc(-c2ccc(-c3ccc(N(c4ccc(-c5cccc6c5oc5ccccc56)cc4)c4cc5ccccc5c5ccccc45)cc3)c(-n3c4ccccc4c4ccccc43)c2)cc1. The molecular weight excluding hydrogens is 789 g/mol. The fourth-order valence-electron chi connectivity index (χ4n) is 10.2. The van der Waals surface area contributed by atoms with Crippen molar-refractivity contribution in [2.45, 2.75) is 0 Å². The summed E-state index contributed by atoms with van der Waals surface area (Å²) in [6, 6.07) is 87.8. The minimum atomic E-state index is 0.902. The summed E-state index contributed by atoms with van der Waals surface area (Å²) in [4.78, 5) is 2.41. The molecule has 3 heteroatoms. The number of hydrogen-bond donors (Lipinski definition) is 0. The van der Waals surface area contributed by atoms with Gasteiger partial charge in [-0.3, -0.25) is 0 Å². The zero-order chi connectivity index (χ0) is 42.8. The number of benzene rings is 11. The molecule has 0 saturated heterocycles. The first-order chi connectivity index (χ1) is 32.2. The van der Waals surface area contributed by atoms with Crippen molar-refractivity contribution in [1.82, 2.24) is 4.57 Å². The molecule has 65 heavy (non-hydrogen) atoms. The predicted molar refractivity (Wildman–Crippen MR) is 274 cm³/mol. The number of aromatic nitrogens is 1. The fraction of sp³-hybridized carbons (Fsp3) is 0. The number of fused-ring (bicyclic) bond motifs is 9. The molecule has 0 atom stereocenters. The van der Waals surface area contributed by atoms with Crippen molar-refractivity contribution in [3.63, 3.8) is 0 Å². The zero-order valence-electron chi connectivity index (χ0n) is 35.4. The summed E-state index contributed by atoms with van der Waals surface area (Å²) in [5.74, 6) is 0.